The molecule has 0 bridgehead atoms. The summed E-state index contributed by atoms with van der Waals surface area (Å²) in [6, 6.07) is 11.1. The molecule has 0 saturated carbocycles. The van der Waals surface area contributed by atoms with Crippen LogP contribution >= 0.6 is 27.3 Å². The Balaban J connectivity index is 1.78. The average Bonchev–Trinajstić information content (AvgIpc) is 3.22. The van der Waals surface area contributed by atoms with E-state index in [1.807, 2.05) is 24.3 Å². The Bertz CT molecular complexity index is 1340. The molecule has 2 aromatic carbocycles. The first kappa shape index (κ1) is 19.4. The quantitative estimate of drug-likeness (QED) is 0.413. The number of imidazole rings is 1. The van der Waals surface area contributed by atoms with E-state index >= 15 is 0 Å². The summed E-state index contributed by atoms with van der Waals surface area (Å²) >= 11 is 4.75. The molecule has 4 rings (SSSR count). The predicted octanol–water partition coefficient (Wildman–Crippen LogP) is 2.78. The minimum absolute atomic E-state index is 0.125. The van der Waals surface area contributed by atoms with E-state index in [9.17, 15) is 9.59 Å². The molecule has 0 aliphatic heterocycles. The fourth-order valence-electron chi connectivity index (χ4n) is 2.92. The second kappa shape index (κ2) is 7.84. The number of methoxy groups -OCH3 is 2. The standard InChI is InChI=1S/C20H15BrN2O5S/c1-26-15-8-11(7-12(21)18(15)28-10-17(24)27-2)9-16-19(25)23-14-6-4-3-5-13(14)22-20(23)29-16/h3-9H,10H2,1-2H3/b16-9-. The SMILES string of the molecule is COC(=O)COc1c(Br)cc(/C=c2\sc3nc4ccccc4n3c2=O)cc1OC. The lowest BCUT2D eigenvalue weighted by Gasteiger charge is -2.12. The molecule has 7 nitrogen and oxygen atoms in total. The molecule has 148 valence electrons. The minimum atomic E-state index is -0.500. The van der Waals surface area contributed by atoms with Crippen molar-refractivity contribution in [1.82, 2.24) is 9.38 Å². The zero-order valence-electron chi connectivity index (χ0n) is 15.5. The van der Waals surface area contributed by atoms with Gasteiger partial charge in [0.1, 0.15) is 0 Å². The third kappa shape index (κ3) is 3.58. The topological polar surface area (TPSA) is 79.1 Å². The second-order valence-corrected chi connectivity index (χ2v) is 7.90. The van der Waals surface area contributed by atoms with Gasteiger partial charge < -0.3 is 14.2 Å². The first-order chi connectivity index (χ1) is 14.0. The number of ether oxygens (including phenoxy) is 3. The van der Waals surface area contributed by atoms with Gasteiger partial charge in [-0.05, 0) is 51.8 Å². The van der Waals surface area contributed by atoms with Gasteiger partial charge in [-0.25, -0.2) is 14.2 Å². The molecular formula is C20H15BrN2O5S. The molecule has 0 aliphatic rings. The summed E-state index contributed by atoms with van der Waals surface area (Å²) in [6.45, 7) is -0.242. The Kier molecular flexibility index (Phi) is 5.25. The molecule has 4 aromatic rings. The number of aromatic nitrogens is 2. The molecular weight excluding hydrogens is 460 g/mol. The van der Waals surface area contributed by atoms with Crippen LogP contribution in [0.2, 0.25) is 0 Å². The van der Waals surface area contributed by atoms with Crippen molar-refractivity contribution in [3.8, 4) is 11.5 Å². The van der Waals surface area contributed by atoms with Gasteiger partial charge in [0, 0.05) is 0 Å². The van der Waals surface area contributed by atoms with Crippen LogP contribution in [0.4, 0.5) is 0 Å². The zero-order chi connectivity index (χ0) is 20.5. The summed E-state index contributed by atoms with van der Waals surface area (Å²) in [5.41, 5.74) is 2.19. The molecule has 0 fully saturated rings. The van der Waals surface area contributed by atoms with Crippen LogP contribution in [-0.2, 0) is 9.53 Å². The molecule has 0 N–H and O–H groups in total. The number of nitrogens with zero attached hydrogens (tertiary/aromatic N) is 2. The van der Waals surface area contributed by atoms with E-state index in [2.05, 4.69) is 25.7 Å². The lowest BCUT2D eigenvalue weighted by atomic mass is 10.2. The Labute approximate surface area is 177 Å². The summed E-state index contributed by atoms with van der Waals surface area (Å²) < 4.78 is 18.2. The minimum Gasteiger partial charge on any atom is -0.493 e. The maximum absolute atomic E-state index is 12.9. The number of benzene rings is 2. The number of para-hydroxylation sites is 2. The van der Waals surface area contributed by atoms with Gasteiger partial charge in [-0.2, -0.15) is 0 Å². The van der Waals surface area contributed by atoms with Crippen molar-refractivity contribution in [3.05, 3.63) is 61.3 Å². The normalized spacial score (nSPS) is 11.9. The van der Waals surface area contributed by atoms with Crippen molar-refractivity contribution in [1.29, 1.82) is 0 Å². The van der Waals surface area contributed by atoms with E-state index in [4.69, 9.17) is 9.47 Å². The molecule has 0 amide bonds. The average molecular weight is 475 g/mol. The van der Waals surface area contributed by atoms with E-state index in [1.54, 1.807) is 22.6 Å². The van der Waals surface area contributed by atoms with Crippen LogP contribution in [0.1, 0.15) is 5.56 Å². The maximum Gasteiger partial charge on any atom is 0.343 e. The molecule has 0 spiro atoms. The number of carbonyl (C=O) groups excluding carboxylic acids is 1. The van der Waals surface area contributed by atoms with Crippen LogP contribution < -0.4 is 19.6 Å². The predicted molar refractivity (Wildman–Crippen MR) is 114 cm³/mol. The number of hydrogen-bond acceptors (Lipinski definition) is 7. The third-order valence-electron chi connectivity index (χ3n) is 4.26. The van der Waals surface area contributed by atoms with Crippen LogP contribution in [0.3, 0.4) is 0 Å². The Morgan fingerprint density at radius 3 is 2.83 bits per heavy atom. The first-order valence-corrected chi connectivity index (χ1v) is 10.1. The highest BCUT2D eigenvalue weighted by Gasteiger charge is 2.14. The van der Waals surface area contributed by atoms with Crippen LogP contribution in [0.5, 0.6) is 11.5 Å². The van der Waals surface area contributed by atoms with E-state index in [0.29, 0.717) is 25.5 Å². The molecule has 9 heteroatoms. The summed E-state index contributed by atoms with van der Waals surface area (Å²) in [5.74, 6) is 0.304. The van der Waals surface area contributed by atoms with Crippen molar-refractivity contribution in [2.45, 2.75) is 0 Å². The molecule has 0 saturated heterocycles. The van der Waals surface area contributed by atoms with Crippen molar-refractivity contribution < 1.29 is 19.0 Å². The molecule has 2 aromatic heterocycles. The fourth-order valence-corrected chi connectivity index (χ4v) is 4.48. The van der Waals surface area contributed by atoms with Gasteiger partial charge in [-0.3, -0.25) is 4.79 Å². The zero-order valence-corrected chi connectivity index (χ0v) is 17.9. The van der Waals surface area contributed by atoms with Gasteiger partial charge in [0.25, 0.3) is 5.56 Å². The van der Waals surface area contributed by atoms with Crippen molar-refractivity contribution in [2.75, 3.05) is 20.8 Å². The number of thiazole rings is 1. The van der Waals surface area contributed by atoms with Gasteiger partial charge in [0.05, 0.1) is 34.3 Å². The van der Waals surface area contributed by atoms with Crippen LogP contribution in [0.25, 0.3) is 22.1 Å². The van der Waals surface area contributed by atoms with E-state index in [-0.39, 0.29) is 12.2 Å². The molecule has 29 heavy (non-hydrogen) atoms. The van der Waals surface area contributed by atoms with Crippen LogP contribution in [0, 0.1) is 0 Å². The van der Waals surface area contributed by atoms with Crippen molar-refractivity contribution in [3.63, 3.8) is 0 Å². The van der Waals surface area contributed by atoms with Crippen LogP contribution in [0.15, 0.2) is 45.7 Å². The Hall–Kier alpha value is -2.91. The van der Waals surface area contributed by atoms with Gasteiger partial charge in [0.15, 0.2) is 23.1 Å². The fraction of sp³-hybridized carbons (Fsp3) is 0.150. The lowest BCUT2D eigenvalue weighted by Crippen LogP contribution is -2.22. The first-order valence-electron chi connectivity index (χ1n) is 8.50. The largest absolute Gasteiger partial charge is 0.493 e. The smallest absolute Gasteiger partial charge is 0.343 e. The van der Waals surface area contributed by atoms with E-state index < -0.39 is 5.97 Å². The summed E-state index contributed by atoms with van der Waals surface area (Å²) in [6.07, 6.45) is 1.77. The third-order valence-corrected chi connectivity index (χ3v) is 5.81. The molecule has 2 heterocycles. The molecule has 0 radical (unpaired) electrons. The summed E-state index contributed by atoms with van der Waals surface area (Å²) in [7, 11) is 2.79. The van der Waals surface area contributed by atoms with Gasteiger partial charge in [0.2, 0.25) is 0 Å². The second-order valence-electron chi connectivity index (χ2n) is 6.03. The highest BCUT2D eigenvalue weighted by Crippen LogP contribution is 2.37. The number of esters is 1. The monoisotopic (exact) mass is 474 g/mol. The van der Waals surface area contributed by atoms with Crippen molar-refractivity contribution in [2.24, 2.45) is 0 Å². The van der Waals surface area contributed by atoms with E-state index in [0.717, 1.165) is 16.6 Å². The molecule has 0 atom stereocenters. The highest BCUT2D eigenvalue weighted by molar-refractivity contribution is 9.10. The van der Waals surface area contributed by atoms with Crippen LogP contribution in [-0.4, -0.2) is 36.2 Å². The molecule has 0 aliphatic carbocycles. The van der Waals surface area contributed by atoms with Gasteiger partial charge in [-0.1, -0.05) is 23.5 Å². The van der Waals surface area contributed by atoms with E-state index in [1.165, 1.54) is 25.6 Å². The lowest BCUT2D eigenvalue weighted by molar-refractivity contribution is -0.142. The summed E-state index contributed by atoms with van der Waals surface area (Å²) in [4.78, 5) is 29.4. The summed E-state index contributed by atoms with van der Waals surface area (Å²) in [5, 5.41) is 0. The highest BCUT2D eigenvalue weighted by atomic mass is 79.9. The number of halogens is 1. The number of carbonyl (C=O) groups is 1. The number of hydrogen-bond donors (Lipinski definition) is 0. The van der Waals surface area contributed by atoms with Gasteiger partial charge >= 0.3 is 5.97 Å². The Morgan fingerprint density at radius 2 is 2.07 bits per heavy atom. The number of fused-ring (bicyclic) bond motifs is 3. The molecule has 0 unspecified atom stereocenters. The Morgan fingerprint density at radius 1 is 1.28 bits per heavy atom. The maximum atomic E-state index is 12.9. The van der Waals surface area contributed by atoms with Crippen molar-refractivity contribution >= 4 is 55.3 Å². The number of rotatable bonds is 5. The van der Waals surface area contributed by atoms with Gasteiger partial charge in [-0.15, -0.1) is 0 Å².